The molecule has 3 aromatic carbocycles. The van der Waals surface area contributed by atoms with Crippen LogP contribution >= 0.6 is 0 Å². The number of hydrogen-bond donors (Lipinski definition) is 1. The molecule has 0 saturated carbocycles. The number of benzene rings is 3. The van der Waals surface area contributed by atoms with Crippen molar-refractivity contribution < 1.29 is 14.3 Å². The average Bonchev–Trinajstić information content (AvgIpc) is 3.02. The Hall–Kier alpha value is -3.80. The molecule has 31 heavy (non-hydrogen) atoms. The summed E-state index contributed by atoms with van der Waals surface area (Å²) in [6, 6.07) is 22.7. The molecule has 0 aliphatic carbocycles. The predicted octanol–water partition coefficient (Wildman–Crippen LogP) is 3.64. The van der Waals surface area contributed by atoms with E-state index in [1.165, 1.54) is 0 Å². The number of rotatable bonds is 4. The van der Waals surface area contributed by atoms with Gasteiger partial charge in [-0.05, 0) is 36.2 Å². The van der Waals surface area contributed by atoms with Crippen LogP contribution in [0.1, 0.15) is 21.5 Å². The Morgan fingerprint density at radius 3 is 2.48 bits per heavy atom. The number of carbonyl (C=O) groups excluding carboxylic acids is 2. The molecule has 2 amide bonds. The summed E-state index contributed by atoms with van der Waals surface area (Å²) in [6.45, 7) is 0.356. The lowest BCUT2D eigenvalue weighted by Crippen LogP contribution is -2.62. The van der Waals surface area contributed by atoms with Crippen LogP contribution in [0.3, 0.4) is 0 Å². The van der Waals surface area contributed by atoms with Crippen molar-refractivity contribution in [2.24, 2.45) is 0 Å². The third-order valence-electron chi connectivity index (χ3n) is 6.19. The number of para-hydroxylation sites is 3. The van der Waals surface area contributed by atoms with Gasteiger partial charge < -0.3 is 19.9 Å². The second-order valence-electron chi connectivity index (χ2n) is 7.78. The van der Waals surface area contributed by atoms with Crippen molar-refractivity contribution in [3.63, 3.8) is 0 Å². The number of nitrogens with one attached hydrogen (secondary N) is 1. The van der Waals surface area contributed by atoms with Crippen LogP contribution in [0.15, 0.2) is 72.8 Å². The van der Waals surface area contributed by atoms with Crippen molar-refractivity contribution in [2.45, 2.75) is 12.1 Å². The summed E-state index contributed by atoms with van der Waals surface area (Å²) in [5, 5.41) is 3.44. The van der Waals surface area contributed by atoms with Gasteiger partial charge in [-0.1, -0.05) is 48.5 Å². The third kappa shape index (κ3) is 2.71. The topological polar surface area (TPSA) is 61.9 Å². The van der Waals surface area contributed by atoms with E-state index in [0.29, 0.717) is 24.2 Å². The Balaban J connectivity index is 1.63. The van der Waals surface area contributed by atoms with Crippen LogP contribution in [0.4, 0.5) is 11.4 Å². The summed E-state index contributed by atoms with van der Waals surface area (Å²) >= 11 is 0. The molecule has 5 rings (SSSR count). The second-order valence-corrected chi connectivity index (χ2v) is 7.78. The number of likely N-dealkylation sites (N-methyl/N-ethyl adjacent to an activating group) is 1. The maximum absolute atomic E-state index is 13.7. The first-order valence-corrected chi connectivity index (χ1v) is 10.3. The third-order valence-corrected chi connectivity index (χ3v) is 6.19. The van der Waals surface area contributed by atoms with Crippen LogP contribution in [-0.4, -0.2) is 37.4 Å². The zero-order valence-corrected chi connectivity index (χ0v) is 17.5. The van der Waals surface area contributed by atoms with E-state index in [1.54, 1.807) is 30.0 Å². The molecule has 3 aromatic rings. The van der Waals surface area contributed by atoms with Crippen LogP contribution < -0.4 is 15.0 Å². The van der Waals surface area contributed by atoms with E-state index >= 15 is 0 Å². The molecular formula is C25H23N3O3. The van der Waals surface area contributed by atoms with Gasteiger partial charge in [0.05, 0.1) is 18.4 Å². The average molecular weight is 413 g/mol. The SMILES string of the molecule is COc1ccccc1CCN1C(=O)c2ccccc2NC12C(=O)N(C)c1ccccc12. The van der Waals surface area contributed by atoms with Gasteiger partial charge in [-0.15, -0.1) is 0 Å². The molecular weight excluding hydrogens is 390 g/mol. The molecule has 1 N–H and O–H groups in total. The first-order chi connectivity index (χ1) is 15.1. The van der Waals surface area contributed by atoms with E-state index < -0.39 is 5.66 Å². The lowest BCUT2D eigenvalue weighted by atomic mass is 9.92. The highest BCUT2D eigenvalue weighted by Crippen LogP contribution is 2.47. The van der Waals surface area contributed by atoms with Crippen molar-refractivity contribution in [3.8, 4) is 5.75 Å². The Kier molecular flexibility index (Phi) is 4.43. The van der Waals surface area contributed by atoms with Gasteiger partial charge >= 0.3 is 0 Å². The Morgan fingerprint density at radius 2 is 1.65 bits per heavy atom. The highest BCUT2D eigenvalue weighted by molar-refractivity contribution is 6.15. The standard InChI is InChI=1S/C25H23N3O3/c1-27-21-13-7-5-11-19(21)25(24(27)30)26-20-12-6-4-10-18(20)23(29)28(25)16-15-17-9-3-8-14-22(17)31-2/h3-14,26H,15-16H2,1-2H3. The van der Waals surface area contributed by atoms with Gasteiger partial charge in [-0.2, -0.15) is 0 Å². The molecule has 0 fully saturated rings. The largest absolute Gasteiger partial charge is 0.496 e. The van der Waals surface area contributed by atoms with Gasteiger partial charge in [0.15, 0.2) is 0 Å². The van der Waals surface area contributed by atoms with E-state index in [-0.39, 0.29) is 11.8 Å². The molecule has 0 aromatic heterocycles. The highest BCUT2D eigenvalue weighted by atomic mass is 16.5. The van der Waals surface area contributed by atoms with Gasteiger partial charge in [-0.3, -0.25) is 9.59 Å². The maximum atomic E-state index is 13.7. The minimum Gasteiger partial charge on any atom is -0.496 e. The molecule has 0 bridgehead atoms. The summed E-state index contributed by atoms with van der Waals surface area (Å²) in [5.74, 6) is 0.434. The number of methoxy groups -OCH3 is 1. The van der Waals surface area contributed by atoms with E-state index in [0.717, 1.165) is 22.6 Å². The van der Waals surface area contributed by atoms with Crippen molar-refractivity contribution in [1.82, 2.24) is 4.90 Å². The van der Waals surface area contributed by atoms with E-state index in [4.69, 9.17) is 4.74 Å². The van der Waals surface area contributed by atoms with Crippen LogP contribution in [0.2, 0.25) is 0 Å². The van der Waals surface area contributed by atoms with Gasteiger partial charge in [0.25, 0.3) is 11.8 Å². The normalized spacial score (nSPS) is 19.3. The zero-order valence-electron chi connectivity index (χ0n) is 17.5. The van der Waals surface area contributed by atoms with Crippen molar-refractivity contribution in [2.75, 3.05) is 30.9 Å². The minimum absolute atomic E-state index is 0.164. The molecule has 1 unspecified atom stereocenters. The molecule has 156 valence electrons. The van der Waals surface area contributed by atoms with Gasteiger partial charge in [-0.25, -0.2) is 0 Å². The van der Waals surface area contributed by atoms with Crippen LogP contribution in [0.25, 0.3) is 0 Å². The molecule has 2 aliphatic rings. The fourth-order valence-electron chi connectivity index (χ4n) is 4.67. The second kappa shape index (κ2) is 7.16. The van der Waals surface area contributed by atoms with Crippen molar-refractivity contribution >= 4 is 23.2 Å². The number of ether oxygens (including phenoxy) is 1. The molecule has 6 heteroatoms. The van der Waals surface area contributed by atoms with E-state index in [2.05, 4.69) is 5.32 Å². The number of fused-ring (bicyclic) bond motifs is 3. The van der Waals surface area contributed by atoms with E-state index in [1.807, 2.05) is 66.7 Å². The Labute approximate surface area is 181 Å². The number of amides is 2. The van der Waals surface area contributed by atoms with Crippen LogP contribution in [-0.2, 0) is 16.9 Å². The predicted molar refractivity (Wildman–Crippen MR) is 119 cm³/mol. The summed E-state index contributed by atoms with van der Waals surface area (Å²) in [6.07, 6.45) is 0.556. The number of carbonyl (C=O) groups is 2. The maximum Gasteiger partial charge on any atom is 0.278 e. The minimum atomic E-state index is -1.28. The molecule has 2 heterocycles. The van der Waals surface area contributed by atoms with Crippen molar-refractivity contribution in [3.05, 3.63) is 89.5 Å². The van der Waals surface area contributed by atoms with Crippen molar-refractivity contribution in [1.29, 1.82) is 0 Å². The fourth-order valence-corrected chi connectivity index (χ4v) is 4.67. The summed E-state index contributed by atoms with van der Waals surface area (Å²) in [5.41, 5.74) is 2.52. The monoisotopic (exact) mass is 413 g/mol. The molecule has 1 spiro atoms. The first kappa shape index (κ1) is 19.2. The Morgan fingerprint density at radius 1 is 0.935 bits per heavy atom. The van der Waals surface area contributed by atoms with Gasteiger partial charge in [0.1, 0.15) is 5.75 Å². The summed E-state index contributed by atoms with van der Waals surface area (Å²) < 4.78 is 5.49. The Bertz CT molecular complexity index is 1190. The zero-order chi connectivity index (χ0) is 21.6. The van der Waals surface area contributed by atoms with Crippen LogP contribution in [0.5, 0.6) is 5.75 Å². The smallest absolute Gasteiger partial charge is 0.278 e. The fraction of sp³-hybridized carbons (Fsp3) is 0.200. The number of nitrogens with zero attached hydrogens (tertiary/aromatic N) is 2. The quantitative estimate of drug-likeness (QED) is 0.710. The first-order valence-electron chi connectivity index (χ1n) is 10.3. The highest BCUT2D eigenvalue weighted by Gasteiger charge is 2.58. The molecule has 1 atom stereocenters. The number of hydrogen-bond acceptors (Lipinski definition) is 4. The van der Waals surface area contributed by atoms with Crippen LogP contribution in [0, 0.1) is 0 Å². The summed E-state index contributed by atoms with van der Waals surface area (Å²) in [7, 11) is 3.39. The lowest BCUT2D eigenvalue weighted by Gasteiger charge is -2.45. The molecule has 6 nitrogen and oxygen atoms in total. The summed E-state index contributed by atoms with van der Waals surface area (Å²) in [4.78, 5) is 30.7. The van der Waals surface area contributed by atoms with E-state index in [9.17, 15) is 9.59 Å². The molecule has 0 saturated heterocycles. The number of anilines is 2. The molecule has 0 radical (unpaired) electrons. The van der Waals surface area contributed by atoms with Gasteiger partial charge in [0, 0.05) is 24.8 Å². The van der Waals surface area contributed by atoms with Gasteiger partial charge in [0.2, 0.25) is 5.66 Å². The molecule has 2 aliphatic heterocycles. The lowest BCUT2D eigenvalue weighted by molar-refractivity contribution is -0.127.